The molecule has 0 aliphatic carbocycles. The van der Waals surface area contributed by atoms with Crippen LogP contribution in [-0.2, 0) is 36.1 Å². The van der Waals surface area contributed by atoms with Crippen LogP contribution in [0.25, 0.3) is 0 Å². The number of hydrogen-bond donors (Lipinski definition) is 0. The number of hydrogen-bond acceptors (Lipinski definition) is 10. The van der Waals surface area contributed by atoms with Gasteiger partial charge in [-0.05, 0) is 25.7 Å². The molecule has 0 atom stereocenters. The highest BCUT2D eigenvalue weighted by Crippen LogP contribution is 2.20. The van der Waals surface area contributed by atoms with E-state index in [1.54, 1.807) is 42.7 Å². The van der Waals surface area contributed by atoms with Gasteiger partial charge in [0, 0.05) is 79.1 Å². The Hall–Kier alpha value is 0.234. The Labute approximate surface area is 269 Å². The molecule has 0 aromatic carbocycles. The molecule has 8 nitrogen and oxygen atoms in total. The lowest BCUT2D eigenvalue weighted by Gasteiger charge is -2.24. The number of unbranched alkanes of at least 4 members (excludes halogenated alkanes) is 10. The first-order valence-corrected chi connectivity index (χ1v) is 21.7. The van der Waals surface area contributed by atoms with Gasteiger partial charge in [0.2, 0.25) is 0 Å². The van der Waals surface area contributed by atoms with Gasteiger partial charge in [-0.2, -0.15) is 0 Å². The van der Waals surface area contributed by atoms with Gasteiger partial charge in [0.05, 0.1) is 0 Å². The Balaban J connectivity index is 0. The van der Waals surface area contributed by atoms with Crippen LogP contribution in [0.15, 0.2) is 0 Å². The normalized spacial score (nSPS) is 11.8. The molecule has 0 aromatic heterocycles. The summed E-state index contributed by atoms with van der Waals surface area (Å²) in [5.41, 5.74) is 0. The van der Waals surface area contributed by atoms with Gasteiger partial charge in [-0.25, -0.2) is 0 Å². The molecule has 0 unspecified atom stereocenters. The summed E-state index contributed by atoms with van der Waals surface area (Å²) in [6.07, 6.45) is 17.9. The minimum Gasteiger partial charge on any atom is -0.377 e. The zero-order valence-electron chi connectivity index (χ0n) is 28.2. The summed E-state index contributed by atoms with van der Waals surface area (Å²) >= 11 is 2.87. The van der Waals surface area contributed by atoms with Gasteiger partial charge in [0.15, 0.2) is 10.2 Å². The lowest BCUT2D eigenvalue weighted by atomic mass is 10.1. The lowest BCUT2D eigenvalue weighted by molar-refractivity contribution is -0.111. The van der Waals surface area contributed by atoms with Crippen molar-refractivity contribution in [1.82, 2.24) is 0 Å². The van der Waals surface area contributed by atoms with Crippen LogP contribution in [-0.4, -0.2) is 82.0 Å². The summed E-state index contributed by atoms with van der Waals surface area (Å²) in [6.45, 7) is 4.43. The van der Waals surface area contributed by atoms with E-state index in [0.29, 0.717) is 23.1 Å². The molecule has 12 heteroatoms. The van der Waals surface area contributed by atoms with Gasteiger partial charge >= 0.3 is 17.6 Å². The Bertz CT molecular complexity index is 608. The molecule has 0 radical (unpaired) electrons. The summed E-state index contributed by atoms with van der Waals surface area (Å²) < 4.78 is 32.1. The predicted octanol–water partition coefficient (Wildman–Crippen LogP) is 8.53. The molecule has 42 heavy (non-hydrogen) atoms. The van der Waals surface area contributed by atoms with Crippen molar-refractivity contribution in [2.75, 3.05) is 54.2 Å². The molecule has 0 aliphatic rings. The smallest absolute Gasteiger partial charge is 0.377 e. The van der Waals surface area contributed by atoms with Crippen molar-refractivity contribution in [3.63, 3.8) is 0 Å². The summed E-state index contributed by atoms with van der Waals surface area (Å²) in [5.74, 6) is 1.64. The SMILES string of the molecule is CCCCCCCC(=O)SCCC[Si](OC)(OC)OC.CCCCCCCCCC(=O)SCCC[Si](OC)(OC)OC. The quantitative estimate of drug-likeness (QED) is 0.0595. The molecule has 0 heterocycles. The van der Waals surface area contributed by atoms with E-state index < -0.39 is 17.6 Å². The maximum atomic E-state index is 11.8. The Morgan fingerprint density at radius 2 is 0.738 bits per heavy atom. The fourth-order valence-electron chi connectivity index (χ4n) is 4.31. The molecular formula is C30H64O8S2Si2. The van der Waals surface area contributed by atoms with Crippen molar-refractivity contribution in [3.8, 4) is 0 Å². The first-order chi connectivity index (χ1) is 20.3. The highest BCUT2D eigenvalue weighted by atomic mass is 32.2. The molecule has 252 valence electrons. The number of carbonyl (C=O) groups excluding carboxylic acids is 2. The topological polar surface area (TPSA) is 89.5 Å². The Morgan fingerprint density at radius 1 is 0.452 bits per heavy atom. The summed E-state index contributed by atoms with van der Waals surface area (Å²) in [7, 11) is 4.81. The van der Waals surface area contributed by atoms with Crippen LogP contribution in [0, 0.1) is 0 Å². The summed E-state index contributed by atoms with van der Waals surface area (Å²) in [5, 5.41) is 0.620. The minimum atomic E-state index is -2.46. The predicted molar refractivity (Wildman–Crippen MR) is 183 cm³/mol. The van der Waals surface area contributed by atoms with E-state index in [2.05, 4.69) is 13.8 Å². The molecule has 0 saturated carbocycles. The Kier molecular flexibility index (Phi) is 33.0. The van der Waals surface area contributed by atoms with Crippen molar-refractivity contribution in [2.45, 2.75) is 129 Å². The van der Waals surface area contributed by atoms with Crippen molar-refractivity contribution in [1.29, 1.82) is 0 Å². The molecule has 0 aromatic rings. The summed E-state index contributed by atoms with van der Waals surface area (Å²) in [4.78, 5) is 23.5. The van der Waals surface area contributed by atoms with Gasteiger partial charge < -0.3 is 26.6 Å². The van der Waals surface area contributed by atoms with Gasteiger partial charge in [0.25, 0.3) is 0 Å². The lowest BCUT2D eigenvalue weighted by Crippen LogP contribution is -2.42. The summed E-state index contributed by atoms with van der Waals surface area (Å²) in [6, 6.07) is 1.52. The first-order valence-electron chi connectivity index (χ1n) is 15.9. The number of rotatable bonds is 28. The molecule has 0 fully saturated rings. The molecule has 0 bridgehead atoms. The molecule has 0 amide bonds. The molecular weight excluding hydrogens is 609 g/mol. The van der Waals surface area contributed by atoms with Gasteiger partial charge in [-0.15, -0.1) is 0 Å². The maximum Gasteiger partial charge on any atom is 0.500 e. The van der Waals surface area contributed by atoms with E-state index >= 15 is 0 Å². The first kappa shape index (κ1) is 44.4. The highest BCUT2D eigenvalue weighted by Gasteiger charge is 2.37. The van der Waals surface area contributed by atoms with Crippen LogP contribution in [0.5, 0.6) is 0 Å². The zero-order chi connectivity index (χ0) is 32.0. The van der Waals surface area contributed by atoms with E-state index in [9.17, 15) is 9.59 Å². The van der Waals surface area contributed by atoms with Gasteiger partial charge in [-0.1, -0.05) is 102 Å². The fourth-order valence-corrected chi connectivity index (χ4v) is 9.87. The average molecular weight is 673 g/mol. The standard InChI is InChI=1S/C16H34O4SSi.C14H30O4SSi/c1-5-6-7-8-9-10-11-13-16(17)21-14-12-15-22(18-2,19-3)20-4;1-5-6-7-8-9-11-14(15)19-12-10-13-20(16-2,17-3)18-4/h5-15H2,1-4H3;5-13H2,1-4H3. The number of thioether (sulfide) groups is 2. The molecule has 0 N–H and O–H groups in total. The van der Waals surface area contributed by atoms with E-state index in [-0.39, 0.29) is 0 Å². The second-order valence-corrected chi connectivity index (χ2v) is 18.8. The van der Waals surface area contributed by atoms with Crippen molar-refractivity contribution < 1.29 is 36.1 Å². The third-order valence-electron chi connectivity index (χ3n) is 7.12. The minimum absolute atomic E-state index is 0.306. The third-order valence-corrected chi connectivity index (χ3v) is 14.8. The average Bonchev–Trinajstić information content (AvgIpc) is 3.02. The second kappa shape index (κ2) is 31.2. The van der Waals surface area contributed by atoms with Crippen molar-refractivity contribution in [2.24, 2.45) is 0 Å². The van der Waals surface area contributed by atoms with Crippen LogP contribution in [0.1, 0.15) is 117 Å². The number of carbonyl (C=O) groups is 2. The fraction of sp³-hybridized carbons (Fsp3) is 0.933. The van der Waals surface area contributed by atoms with Gasteiger partial charge in [0.1, 0.15) is 0 Å². The highest BCUT2D eigenvalue weighted by molar-refractivity contribution is 8.13. The van der Waals surface area contributed by atoms with Crippen LogP contribution in [0.3, 0.4) is 0 Å². The second-order valence-electron chi connectivity index (χ2n) is 10.3. The monoisotopic (exact) mass is 672 g/mol. The Morgan fingerprint density at radius 3 is 1.02 bits per heavy atom. The van der Waals surface area contributed by atoms with Crippen LogP contribution < -0.4 is 0 Å². The molecule has 0 spiro atoms. The van der Waals surface area contributed by atoms with E-state index in [1.165, 1.54) is 87.7 Å². The molecule has 0 saturated heterocycles. The van der Waals surface area contributed by atoms with E-state index in [0.717, 1.165) is 49.3 Å². The van der Waals surface area contributed by atoms with E-state index in [1.807, 2.05) is 0 Å². The maximum absolute atomic E-state index is 11.8. The van der Waals surface area contributed by atoms with Gasteiger partial charge in [-0.3, -0.25) is 9.59 Å². The molecule has 0 aliphatic heterocycles. The van der Waals surface area contributed by atoms with Crippen molar-refractivity contribution in [3.05, 3.63) is 0 Å². The molecule has 0 rings (SSSR count). The van der Waals surface area contributed by atoms with Crippen LogP contribution in [0.2, 0.25) is 12.1 Å². The largest absolute Gasteiger partial charge is 0.500 e. The third kappa shape index (κ3) is 24.5. The zero-order valence-corrected chi connectivity index (χ0v) is 31.9. The van der Waals surface area contributed by atoms with Crippen LogP contribution >= 0.6 is 23.5 Å². The van der Waals surface area contributed by atoms with Crippen LogP contribution in [0.4, 0.5) is 0 Å². The van der Waals surface area contributed by atoms with E-state index in [4.69, 9.17) is 26.6 Å². The van der Waals surface area contributed by atoms with Crippen molar-refractivity contribution >= 4 is 51.4 Å².